The molecule has 0 unspecified atom stereocenters. The quantitative estimate of drug-likeness (QED) is 0.564. The maximum atomic E-state index is 5.60. The average molecular weight is 256 g/mol. The van der Waals surface area contributed by atoms with Crippen molar-refractivity contribution in [3.05, 3.63) is 29.3 Å². The Hall–Kier alpha value is -0.730. The van der Waals surface area contributed by atoms with Crippen LogP contribution in [-0.4, -0.2) is 18.8 Å². The van der Waals surface area contributed by atoms with E-state index in [-0.39, 0.29) is 6.07 Å². The molecular weight excluding hydrogens is 234 g/mol. The van der Waals surface area contributed by atoms with Crippen LogP contribution < -0.4 is 4.90 Å². The van der Waals surface area contributed by atoms with E-state index in [4.69, 9.17) is 16.3 Å². The van der Waals surface area contributed by atoms with E-state index in [1.165, 1.54) is 16.8 Å². The Morgan fingerprint density at radius 3 is 2.59 bits per heavy atom. The summed E-state index contributed by atoms with van der Waals surface area (Å²) in [4.78, 5) is 2.26. The minimum absolute atomic E-state index is 0.233. The standard InChI is InChI=1S/C14H22ClNO/c1-5-13-8-6-7-12(4)14(13)16(11(2)3)10-17-9-15/h6-8,11H,5,9-10H2,1-4H3. The maximum Gasteiger partial charge on any atom is 0.123 e. The fourth-order valence-corrected chi connectivity index (χ4v) is 2.09. The van der Waals surface area contributed by atoms with Gasteiger partial charge in [0.1, 0.15) is 12.8 Å². The monoisotopic (exact) mass is 255 g/mol. The molecule has 96 valence electrons. The molecule has 0 aliphatic heterocycles. The molecule has 0 N–H and O–H groups in total. The number of hydrogen-bond acceptors (Lipinski definition) is 2. The van der Waals surface area contributed by atoms with Crippen LogP contribution in [0.2, 0.25) is 0 Å². The zero-order chi connectivity index (χ0) is 12.8. The molecule has 0 saturated heterocycles. The van der Waals surface area contributed by atoms with Crippen LogP contribution in [0.15, 0.2) is 18.2 Å². The van der Waals surface area contributed by atoms with Gasteiger partial charge in [-0.2, -0.15) is 0 Å². The SMILES string of the molecule is CCc1cccc(C)c1N(COCCl)C(C)C. The van der Waals surface area contributed by atoms with Gasteiger partial charge in [-0.25, -0.2) is 0 Å². The fourth-order valence-electron chi connectivity index (χ4n) is 2.02. The third-order valence-corrected chi connectivity index (χ3v) is 3.07. The maximum absolute atomic E-state index is 5.60. The molecule has 0 saturated carbocycles. The van der Waals surface area contributed by atoms with E-state index < -0.39 is 0 Å². The van der Waals surface area contributed by atoms with Gasteiger partial charge in [0.2, 0.25) is 0 Å². The van der Waals surface area contributed by atoms with E-state index in [0.29, 0.717) is 12.8 Å². The zero-order valence-corrected chi connectivity index (χ0v) is 11.9. The lowest BCUT2D eigenvalue weighted by atomic mass is 10.0. The number of para-hydroxylation sites is 1. The summed E-state index contributed by atoms with van der Waals surface area (Å²) >= 11 is 5.60. The van der Waals surface area contributed by atoms with E-state index >= 15 is 0 Å². The molecule has 0 atom stereocenters. The molecule has 0 radical (unpaired) electrons. The van der Waals surface area contributed by atoms with E-state index in [9.17, 15) is 0 Å². The lowest BCUT2D eigenvalue weighted by Crippen LogP contribution is -2.34. The molecule has 0 fully saturated rings. The van der Waals surface area contributed by atoms with Crippen LogP contribution in [0.5, 0.6) is 0 Å². The van der Waals surface area contributed by atoms with E-state index in [1.807, 2.05) is 0 Å². The van der Waals surface area contributed by atoms with Crippen LogP contribution in [0, 0.1) is 6.92 Å². The van der Waals surface area contributed by atoms with Gasteiger partial charge < -0.3 is 9.64 Å². The number of aryl methyl sites for hydroxylation is 2. The summed E-state index contributed by atoms with van der Waals surface area (Å²) in [7, 11) is 0. The third kappa shape index (κ3) is 3.62. The van der Waals surface area contributed by atoms with E-state index in [2.05, 4.69) is 50.8 Å². The van der Waals surface area contributed by atoms with Gasteiger partial charge in [0.05, 0.1) is 0 Å². The van der Waals surface area contributed by atoms with Crippen LogP contribution in [0.1, 0.15) is 31.9 Å². The van der Waals surface area contributed by atoms with Crippen molar-refractivity contribution in [1.29, 1.82) is 0 Å². The van der Waals surface area contributed by atoms with Crippen molar-refractivity contribution < 1.29 is 4.74 Å². The van der Waals surface area contributed by atoms with Gasteiger partial charge in [-0.1, -0.05) is 36.7 Å². The highest BCUT2D eigenvalue weighted by Gasteiger charge is 2.15. The fraction of sp³-hybridized carbons (Fsp3) is 0.571. The van der Waals surface area contributed by atoms with Crippen LogP contribution in [-0.2, 0) is 11.2 Å². The summed E-state index contributed by atoms with van der Waals surface area (Å²) in [5.41, 5.74) is 3.93. The van der Waals surface area contributed by atoms with Gasteiger partial charge in [-0.05, 0) is 38.3 Å². The topological polar surface area (TPSA) is 12.5 Å². The second kappa shape index (κ2) is 6.87. The normalized spacial score (nSPS) is 10.9. The number of hydrogen-bond donors (Lipinski definition) is 0. The second-order valence-corrected chi connectivity index (χ2v) is 4.66. The number of rotatable bonds is 6. The van der Waals surface area contributed by atoms with Crippen molar-refractivity contribution in [3.8, 4) is 0 Å². The van der Waals surface area contributed by atoms with Gasteiger partial charge in [0.25, 0.3) is 0 Å². The molecular formula is C14H22ClNO. The predicted molar refractivity (Wildman–Crippen MR) is 74.8 cm³/mol. The number of anilines is 1. The summed E-state index contributed by atoms with van der Waals surface area (Å²) in [5, 5.41) is 0. The van der Waals surface area contributed by atoms with Gasteiger partial charge in [-0.15, -0.1) is 0 Å². The summed E-state index contributed by atoms with van der Waals surface area (Å²) in [6.07, 6.45) is 1.03. The molecule has 3 heteroatoms. The first-order chi connectivity index (χ1) is 8.11. The first-order valence-corrected chi connectivity index (χ1v) is 6.64. The van der Waals surface area contributed by atoms with Crippen LogP contribution in [0.3, 0.4) is 0 Å². The smallest absolute Gasteiger partial charge is 0.123 e. The number of nitrogens with zero attached hydrogens (tertiary/aromatic N) is 1. The predicted octanol–water partition coefficient (Wildman–Crippen LogP) is 3.94. The van der Waals surface area contributed by atoms with Crippen molar-refractivity contribution in [1.82, 2.24) is 0 Å². The van der Waals surface area contributed by atoms with E-state index in [0.717, 1.165) is 6.42 Å². The Labute approximate surface area is 110 Å². The number of benzene rings is 1. The molecule has 0 aromatic heterocycles. The number of halogens is 1. The van der Waals surface area contributed by atoms with Gasteiger partial charge in [0.15, 0.2) is 0 Å². The first kappa shape index (κ1) is 14.3. The molecule has 1 aromatic carbocycles. The molecule has 1 rings (SSSR count). The molecule has 17 heavy (non-hydrogen) atoms. The molecule has 1 aromatic rings. The van der Waals surface area contributed by atoms with Crippen molar-refractivity contribution in [2.24, 2.45) is 0 Å². The Balaban J connectivity index is 3.07. The number of alkyl halides is 1. The highest BCUT2D eigenvalue weighted by atomic mass is 35.5. The molecule has 2 nitrogen and oxygen atoms in total. The van der Waals surface area contributed by atoms with Crippen molar-refractivity contribution >= 4 is 17.3 Å². The van der Waals surface area contributed by atoms with Crippen molar-refractivity contribution in [3.63, 3.8) is 0 Å². The molecule has 0 aliphatic rings. The molecule has 0 bridgehead atoms. The van der Waals surface area contributed by atoms with Crippen LogP contribution in [0.25, 0.3) is 0 Å². The van der Waals surface area contributed by atoms with Crippen LogP contribution in [0.4, 0.5) is 5.69 Å². The lowest BCUT2D eigenvalue weighted by Gasteiger charge is -2.31. The summed E-state index contributed by atoms with van der Waals surface area (Å²) in [5.74, 6) is 0. The minimum atomic E-state index is 0.233. The summed E-state index contributed by atoms with van der Waals surface area (Å²) < 4.78 is 5.36. The van der Waals surface area contributed by atoms with E-state index in [1.54, 1.807) is 0 Å². The Bertz CT molecular complexity index is 352. The highest BCUT2D eigenvalue weighted by Crippen LogP contribution is 2.27. The Kier molecular flexibility index (Phi) is 5.79. The average Bonchev–Trinajstić information content (AvgIpc) is 2.30. The molecule has 0 aliphatic carbocycles. The number of ether oxygens (including phenoxy) is 1. The molecule has 0 spiro atoms. The minimum Gasteiger partial charge on any atom is -0.346 e. The lowest BCUT2D eigenvalue weighted by molar-refractivity contribution is 0.173. The zero-order valence-electron chi connectivity index (χ0n) is 11.2. The summed E-state index contributed by atoms with van der Waals surface area (Å²) in [6, 6.07) is 7.06. The molecule has 0 heterocycles. The third-order valence-electron chi connectivity index (χ3n) is 2.92. The van der Waals surface area contributed by atoms with Crippen molar-refractivity contribution in [2.45, 2.75) is 40.2 Å². The van der Waals surface area contributed by atoms with Gasteiger partial charge in [-0.3, -0.25) is 0 Å². The Morgan fingerprint density at radius 2 is 2.06 bits per heavy atom. The van der Waals surface area contributed by atoms with Crippen molar-refractivity contribution in [2.75, 3.05) is 17.7 Å². The van der Waals surface area contributed by atoms with Crippen LogP contribution >= 0.6 is 11.6 Å². The second-order valence-electron chi connectivity index (χ2n) is 4.44. The van der Waals surface area contributed by atoms with Gasteiger partial charge >= 0.3 is 0 Å². The Morgan fingerprint density at radius 1 is 1.35 bits per heavy atom. The molecule has 0 amide bonds. The largest absolute Gasteiger partial charge is 0.346 e. The highest BCUT2D eigenvalue weighted by molar-refractivity contribution is 6.17. The van der Waals surface area contributed by atoms with Gasteiger partial charge in [0, 0.05) is 11.7 Å². The first-order valence-electron chi connectivity index (χ1n) is 6.10. The summed E-state index contributed by atoms with van der Waals surface area (Å²) in [6.45, 7) is 9.20.